The molecular weight excluding hydrogens is 226 g/mol. The normalized spacial score (nSPS) is 18.7. The molecule has 0 radical (unpaired) electrons. The van der Waals surface area contributed by atoms with Crippen LogP contribution in [0.3, 0.4) is 0 Å². The van der Waals surface area contributed by atoms with Crippen LogP contribution in [-0.2, 0) is 11.2 Å². The molecule has 1 aliphatic heterocycles. The number of aliphatic hydroxyl groups is 1. The topological polar surface area (TPSA) is 41.5 Å². The van der Waals surface area contributed by atoms with Gasteiger partial charge in [-0.3, -0.25) is 0 Å². The third-order valence-electron chi connectivity index (χ3n) is 3.58. The van der Waals surface area contributed by atoms with Crippen LogP contribution in [0.4, 0.5) is 0 Å². The van der Waals surface area contributed by atoms with Crippen LogP contribution in [0.25, 0.3) is 0 Å². The number of hydrogen-bond donors (Lipinski definition) is 2. The molecular formula is C15H23NO2. The second kappa shape index (κ2) is 7.52. The summed E-state index contributed by atoms with van der Waals surface area (Å²) in [6.07, 6.45) is 3.16. The van der Waals surface area contributed by atoms with Gasteiger partial charge < -0.3 is 15.2 Å². The number of rotatable bonds is 6. The maximum absolute atomic E-state index is 9.43. The predicted octanol–water partition coefficient (Wildman–Crippen LogP) is 1.61. The van der Waals surface area contributed by atoms with Crippen molar-refractivity contribution in [1.82, 2.24) is 5.32 Å². The van der Waals surface area contributed by atoms with Crippen LogP contribution in [0, 0.1) is 5.92 Å². The number of nitrogens with one attached hydrogen (secondary N) is 1. The van der Waals surface area contributed by atoms with Crippen LogP contribution in [0.1, 0.15) is 18.4 Å². The summed E-state index contributed by atoms with van der Waals surface area (Å²) in [5, 5.41) is 12.9. The molecule has 0 unspecified atom stereocenters. The summed E-state index contributed by atoms with van der Waals surface area (Å²) in [4.78, 5) is 0. The first-order valence-corrected chi connectivity index (χ1v) is 6.84. The van der Waals surface area contributed by atoms with Crippen molar-refractivity contribution < 1.29 is 9.84 Å². The molecule has 1 saturated heterocycles. The summed E-state index contributed by atoms with van der Waals surface area (Å²) >= 11 is 0. The summed E-state index contributed by atoms with van der Waals surface area (Å²) < 4.78 is 5.35. The molecule has 3 nitrogen and oxygen atoms in total. The van der Waals surface area contributed by atoms with Gasteiger partial charge in [-0.2, -0.15) is 0 Å². The number of aliphatic hydroxyl groups excluding tert-OH is 1. The van der Waals surface area contributed by atoms with Gasteiger partial charge in [0.05, 0.1) is 6.61 Å². The van der Waals surface area contributed by atoms with Gasteiger partial charge in [0.25, 0.3) is 0 Å². The molecule has 1 aromatic carbocycles. The van der Waals surface area contributed by atoms with Gasteiger partial charge in [-0.05, 0) is 37.3 Å². The van der Waals surface area contributed by atoms with Crippen molar-refractivity contribution in [3.8, 4) is 0 Å². The Morgan fingerprint density at radius 1 is 1.22 bits per heavy atom. The Morgan fingerprint density at radius 2 is 1.94 bits per heavy atom. The molecule has 2 N–H and O–H groups in total. The quantitative estimate of drug-likeness (QED) is 0.805. The maximum Gasteiger partial charge on any atom is 0.0587 e. The van der Waals surface area contributed by atoms with Gasteiger partial charge in [-0.1, -0.05) is 30.3 Å². The van der Waals surface area contributed by atoms with E-state index in [1.165, 1.54) is 5.56 Å². The molecule has 0 amide bonds. The molecule has 0 bridgehead atoms. The van der Waals surface area contributed by atoms with E-state index in [1.807, 2.05) is 18.2 Å². The lowest BCUT2D eigenvalue weighted by Crippen LogP contribution is -2.39. The molecule has 18 heavy (non-hydrogen) atoms. The number of hydrogen-bond acceptors (Lipinski definition) is 3. The van der Waals surface area contributed by atoms with Crippen molar-refractivity contribution in [3.05, 3.63) is 35.9 Å². The Hall–Kier alpha value is -0.900. The Kier molecular flexibility index (Phi) is 5.65. The highest BCUT2D eigenvalue weighted by Crippen LogP contribution is 2.13. The third kappa shape index (κ3) is 4.41. The zero-order valence-electron chi connectivity index (χ0n) is 10.8. The molecule has 0 saturated carbocycles. The molecule has 1 aromatic rings. The summed E-state index contributed by atoms with van der Waals surface area (Å²) in [7, 11) is 0. The lowest BCUT2D eigenvalue weighted by atomic mass is 9.99. The zero-order valence-corrected chi connectivity index (χ0v) is 10.8. The fourth-order valence-electron chi connectivity index (χ4n) is 2.38. The molecule has 0 spiro atoms. The number of ether oxygens (including phenoxy) is 1. The molecule has 1 aliphatic rings. The van der Waals surface area contributed by atoms with Gasteiger partial charge in [0.2, 0.25) is 0 Å². The highest BCUT2D eigenvalue weighted by Gasteiger charge is 2.15. The first-order valence-electron chi connectivity index (χ1n) is 6.84. The second-order valence-electron chi connectivity index (χ2n) is 5.03. The van der Waals surface area contributed by atoms with E-state index in [2.05, 4.69) is 17.4 Å². The lowest BCUT2D eigenvalue weighted by molar-refractivity contribution is 0.0646. The average molecular weight is 249 g/mol. The van der Waals surface area contributed by atoms with Crippen LogP contribution in [0.2, 0.25) is 0 Å². The van der Waals surface area contributed by atoms with Gasteiger partial charge in [-0.15, -0.1) is 0 Å². The first kappa shape index (κ1) is 13.5. The van der Waals surface area contributed by atoms with Crippen molar-refractivity contribution >= 4 is 0 Å². The van der Waals surface area contributed by atoms with Crippen molar-refractivity contribution in [2.75, 3.05) is 26.4 Å². The van der Waals surface area contributed by atoms with Crippen molar-refractivity contribution in [2.45, 2.75) is 25.3 Å². The van der Waals surface area contributed by atoms with Crippen LogP contribution in [0.5, 0.6) is 0 Å². The Balaban J connectivity index is 1.75. The van der Waals surface area contributed by atoms with Crippen LogP contribution in [-0.4, -0.2) is 37.5 Å². The fraction of sp³-hybridized carbons (Fsp3) is 0.600. The van der Waals surface area contributed by atoms with E-state index in [9.17, 15) is 5.11 Å². The third-order valence-corrected chi connectivity index (χ3v) is 3.58. The van der Waals surface area contributed by atoms with E-state index in [1.54, 1.807) is 0 Å². The Morgan fingerprint density at radius 3 is 2.61 bits per heavy atom. The summed E-state index contributed by atoms with van der Waals surface area (Å²) in [5.41, 5.74) is 1.27. The maximum atomic E-state index is 9.43. The van der Waals surface area contributed by atoms with E-state index in [-0.39, 0.29) is 12.6 Å². The van der Waals surface area contributed by atoms with E-state index in [0.29, 0.717) is 5.92 Å². The standard InChI is InChI=1S/C15H23NO2/c17-12-15(10-13-4-2-1-3-5-13)16-11-14-6-8-18-9-7-14/h1-5,14-17H,6-12H2/t15-/m0/s1. The molecule has 1 heterocycles. The molecule has 100 valence electrons. The molecule has 3 heteroatoms. The molecule has 2 rings (SSSR count). The molecule has 0 aromatic heterocycles. The van der Waals surface area contributed by atoms with Crippen molar-refractivity contribution in [3.63, 3.8) is 0 Å². The van der Waals surface area contributed by atoms with Crippen molar-refractivity contribution in [2.24, 2.45) is 5.92 Å². The molecule has 0 aliphatic carbocycles. The Labute approximate surface area is 109 Å². The second-order valence-corrected chi connectivity index (χ2v) is 5.03. The van der Waals surface area contributed by atoms with Gasteiger partial charge in [0.1, 0.15) is 0 Å². The Bertz CT molecular complexity index is 323. The van der Waals surface area contributed by atoms with Gasteiger partial charge in [0.15, 0.2) is 0 Å². The number of benzene rings is 1. The van der Waals surface area contributed by atoms with E-state index >= 15 is 0 Å². The highest BCUT2D eigenvalue weighted by atomic mass is 16.5. The average Bonchev–Trinajstić information content (AvgIpc) is 2.45. The van der Waals surface area contributed by atoms with E-state index in [0.717, 1.165) is 39.0 Å². The first-order chi connectivity index (χ1) is 8.88. The van der Waals surface area contributed by atoms with Crippen LogP contribution >= 0.6 is 0 Å². The van der Waals surface area contributed by atoms with Crippen LogP contribution in [0.15, 0.2) is 30.3 Å². The minimum absolute atomic E-state index is 0.162. The summed E-state index contributed by atoms with van der Waals surface area (Å²) in [5.74, 6) is 0.698. The minimum atomic E-state index is 0.162. The summed E-state index contributed by atoms with van der Waals surface area (Å²) in [6.45, 7) is 2.95. The molecule has 1 atom stereocenters. The molecule has 1 fully saturated rings. The largest absolute Gasteiger partial charge is 0.395 e. The SMILES string of the molecule is OC[C@H](Cc1ccccc1)NCC1CCOCC1. The lowest BCUT2D eigenvalue weighted by Gasteiger charge is -2.25. The zero-order chi connectivity index (χ0) is 12.6. The smallest absolute Gasteiger partial charge is 0.0587 e. The predicted molar refractivity (Wildman–Crippen MR) is 72.6 cm³/mol. The summed E-state index contributed by atoms with van der Waals surface area (Å²) in [6, 6.07) is 10.5. The van der Waals surface area contributed by atoms with Gasteiger partial charge in [0, 0.05) is 19.3 Å². The fourth-order valence-corrected chi connectivity index (χ4v) is 2.38. The monoisotopic (exact) mass is 249 g/mol. The van der Waals surface area contributed by atoms with E-state index in [4.69, 9.17) is 4.74 Å². The highest BCUT2D eigenvalue weighted by molar-refractivity contribution is 5.15. The van der Waals surface area contributed by atoms with Gasteiger partial charge >= 0.3 is 0 Å². The van der Waals surface area contributed by atoms with Crippen molar-refractivity contribution in [1.29, 1.82) is 0 Å². The minimum Gasteiger partial charge on any atom is -0.395 e. The van der Waals surface area contributed by atoms with E-state index < -0.39 is 0 Å². The van der Waals surface area contributed by atoms with Gasteiger partial charge in [-0.25, -0.2) is 0 Å². The van der Waals surface area contributed by atoms with Crippen LogP contribution < -0.4 is 5.32 Å².